The fourth-order valence-corrected chi connectivity index (χ4v) is 5.72. The van der Waals surface area contributed by atoms with Crippen molar-refractivity contribution in [3.8, 4) is 16.4 Å². The zero-order valence-electron chi connectivity index (χ0n) is 21.5. The molecule has 4 aromatic rings. The summed E-state index contributed by atoms with van der Waals surface area (Å²) in [5.41, 5.74) is 3.45. The molecule has 0 aliphatic carbocycles. The maximum Gasteiger partial charge on any atom is 0.317 e. The van der Waals surface area contributed by atoms with E-state index >= 15 is 0 Å². The summed E-state index contributed by atoms with van der Waals surface area (Å²) in [5.74, 6) is -0.0385. The molecule has 2 aromatic heterocycles. The van der Waals surface area contributed by atoms with E-state index in [0.29, 0.717) is 31.7 Å². The minimum absolute atomic E-state index is 0.0385. The summed E-state index contributed by atoms with van der Waals surface area (Å²) in [6.07, 6.45) is 3.28. The van der Waals surface area contributed by atoms with Crippen molar-refractivity contribution in [1.29, 1.82) is 0 Å². The SMILES string of the molecule is CCCc1c(C(=O)N2CCN(C(=O)NCC)C(C)C2)cnn1-c1nc(-c2ccc3ccccc3c2)cs1. The van der Waals surface area contributed by atoms with Crippen molar-refractivity contribution in [3.05, 3.63) is 65.3 Å². The Bertz CT molecular complexity index is 1430. The van der Waals surface area contributed by atoms with Gasteiger partial charge in [-0.1, -0.05) is 49.7 Å². The van der Waals surface area contributed by atoms with Gasteiger partial charge in [0, 0.05) is 43.2 Å². The first-order valence-corrected chi connectivity index (χ1v) is 13.7. The molecule has 192 valence electrons. The number of nitrogens with one attached hydrogen (secondary N) is 1. The van der Waals surface area contributed by atoms with Crippen LogP contribution in [0.4, 0.5) is 4.79 Å². The highest BCUT2D eigenvalue weighted by Crippen LogP contribution is 2.29. The third-order valence-corrected chi connectivity index (χ3v) is 7.62. The molecule has 2 aromatic carbocycles. The van der Waals surface area contributed by atoms with Gasteiger partial charge in [0.1, 0.15) is 0 Å². The summed E-state index contributed by atoms with van der Waals surface area (Å²) >= 11 is 1.53. The topological polar surface area (TPSA) is 83.4 Å². The number of benzene rings is 2. The smallest absolute Gasteiger partial charge is 0.317 e. The Labute approximate surface area is 220 Å². The molecular formula is C28H32N6O2S. The average molecular weight is 517 g/mol. The van der Waals surface area contributed by atoms with Crippen molar-refractivity contribution in [3.63, 3.8) is 0 Å². The lowest BCUT2D eigenvalue weighted by atomic mass is 10.1. The van der Waals surface area contributed by atoms with E-state index in [4.69, 9.17) is 4.98 Å². The first-order valence-electron chi connectivity index (χ1n) is 12.9. The van der Waals surface area contributed by atoms with Crippen LogP contribution in [-0.4, -0.2) is 68.7 Å². The van der Waals surface area contributed by atoms with E-state index in [2.05, 4.69) is 47.7 Å². The number of hydrogen-bond acceptors (Lipinski definition) is 5. The number of piperazine rings is 1. The number of aromatic nitrogens is 3. The van der Waals surface area contributed by atoms with Gasteiger partial charge < -0.3 is 15.1 Å². The van der Waals surface area contributed by atoms with Crippen LogP contribution in [0.1, 0.15) is 43.2 Å². The number of amides is 3. The molecule has 0 radical (unpaired) electrons. The zero-order valence-corrected chi connectivity index (χ0v) is 22.3. The van der Waals surface area contributed by atoms with Crippen molar-refractivity contribution in [2.24, 2.45) is 0 Å². The van der Waals surface area contributed by atoms with E-state index in [1.54, 1.807) is 11.1 Å². The maximum atomic E-state index is 13.6. The Morgan fingerprint density at radius 1 is 1.11 bits per heavy atom. The van der Waals surface area contributed by atoms with Crippen molar-refractivity contribution < 1.29 is 9.59 Å². The largest absolute Gasteiger partial charge is 0.338 e. The second-order valence-electron chi connectivity index (χ2n) is 9.37. The van der Waals surface area contributed by atoms with Gasteiger partial charge in [-0.3, -0.25) is 4.79 Å². The summed E-state index contributed by atoms with van der Waals surface area (Å²) in [4.78, 5) is 34.4. The van der Waals surface area contributed by atoms with Gasteiger partial charge in [0.15, 0.2) is 0 Å². The fourth-order valence-electron chi connectivity index (χ4n) is 4.90. The Balaban J connectivity index is 1.38. The van der Waals surface area contributed by atoms with Crippen molar-refractivity contribution in [2.45, 2.75) is 39.7 Å². The quantitative estimate of drug-likeness (QED) is 0.392. The molecule has 0 spiro atoms. The number of nitrogens with zero attached hydrogens (tertiary/aromatic N) is 5. The van der Waals surface area contributed by atoms with Gasteiger partial charge in [-0.25, -0.2) is 14.5 Å². The lowest BCUT2D eigenvalue weighted by molar-refractivity contribution is 0.0579. The lowest BCUT2D eigenvalue weighted by Crippen LogP contribution is -2.57. The highest BCUT2D eigenvalue weighted by atomic mass is 32.1. The summed E-state index contributed by atoms with van der Waals surface area (Å²) in [6.45, 7) is 8.08. The first-order chi connectivity index (χ1) is 18.0. The van der Waals surface area contributed by atoms with E-state index in [1.165, 1.54) is 22.1 Å². The van der Waals surface area contributed by atoms with Gasteiger partial charge in [-0.05, 0) is 37.1 Å². The second kappa shape index (κ2) is 10.7. The van der Waals surface area contributed by atoms with Crippen LogP contribution >= 0.6 is 11.3 Å². The molecule has 1 saturated heterocycles. The van der Waals surface area contributed by atoms with Gasteiger partial charge in [0.25, 0.3) is 5.91 Å². The van der Waals surface area contributed by atoms with Crippen LogP contribution in [0.2, 0.25) is 0 Å². The number of hydrogen-bond donors (Lipinski definition) is 1. The lowest BCUT2D eigenvalue weighted by Gasteiger charge is -2.39. The third-order valence-electron chi connectivity index (χ3n) is 6.81. The molecule has 3 heterocycles. The summed E-state index contributed by atoms with van der Waals surface area (Å²) in [5, 5.41) is 12.6. The number of carbonyl (C=O) groups excluding carboxylic acids is 2. The van der Waals surface area contributed by atoms with E-state index in [1.807, 2.05) is 40.9 Å². The van der Waals surface area contributed by atoms with Crippen LogP contribution in [0.25, 0.3) is 27.2 Å². The minimum atomic E-state index is -0.0763. The Kier molecular flexibility index (Phi) is 7.23. The molecule has 3 amide bonds. The summed E-state index contributed by atoms with van der Waals surface area (Å²) in [7, 11) is 0. The van der Waals surface area contributed by atoms with Gasteiger partial charge in [0.05, 0.1) is 23.1 Å². The Hall–Kier alpha value is -3.72. The summed E-state index contributed by atoms with van der Waals surface area (Å²) in [6, 6.07) is 14.5. The van der Waals surface area contributed by atoms with Crippen LogP contribution in [0, 0.1) is 0 Å². The average Bonchev–Trinajstić information content (AvgIpc) is 3.56. The molecule has 0 saturated carbocycles. The Morgan fingerprint density at radius 3 is 2.68 bits per heavy atom. The van der Waals surface area contributed by atoms with Crippen LogP contribution < -0.4 is 5.32 Å². The highest BCUT2D eigenvalue weighted by Gasteiger charge is 2.32. The number of urea groups is 1. The molecule has 1 aliphatic rings. The molecule has 9 heteroatoms. The van der Waals surface area contributed by atoms with Gasteiger partial charge in [-0.15, -0.1) is 11.3 Å². The van der Waals surface area contributed by atoms with Gasteiger partial charge in [0.2, 0.25) is 5.13 Å². The van der Waals surface area contributed by atoms with E-state index in [0.717, 1.165) is 34.9 Å². The predicted octanol–water partition coefficient (Wildman–Crippen LogP) is 4.98. The highest BCUT2D eigenvalue weighted by molar-refractivity contribution is 7.12. The first kappa shape index (κ1) is 25.0. The molecule has 1 atom stereocenters. The van der Waals surface area contributed by atoms with Gasteiger partial charge >= 0.3 is 6.03 Å². The normalized spacial score (nSPS) is 15.8. The molecule has 1 aliphatic heterocycles. The van der Waals surface area contributed by atoms with E-state index < -0.39 is 0 Å². The molecular weight excluding hydrogens is 484 g/mol. The molecule has 5 rings (SSSR count). The monoisotopic (exact) mass is 516 g/mol. The number of carbonyl (C=O) groups is 2. The van der Waals surface area contributed by atoms with E-state index in [9.17, 15) is 9.59 Å². The van der Waals surface area contributed by atoms with Crippen LogP contribution in [0.5, 0.6) is 0 Å². The molecule has 0 bridgehead atoms. The number of thiazole rings is 1. The second-order valence-corrected chi connectivity index (χ2v) is 10.2. The Morgan fingerprint density at radius 2 is 1.92 bits per heavy atom. The van der Waals surface area contributed by atoms with Crippen LogP contribution in [0.15, 0.2) is 54.0 Å². The van der Waals surface area contributed by atoms with Crippen LogP contribution in [-0.2, 0) is 6.42 Å². The standard InChI is InChI=1S/C28H32N6O2S/c1-4-8-25-23(26(35)32-13-14-33(19(3)17-32)27(36)29-5-2)16-30-34(25)28-31-24(18-37-28)22-12-11-20-9-6-7-10-21(20)15-22/h6-7,9-12,15-16,18-19H,4-5,8,13-14,17H2,1-3H3,(H,29,36). The minimum Gasteiger partial charge on any atom is -0.338 e. The third kappa shape index (κ3) is 4.96. The van der Waals surface area contributed by atoms with Crippen molar-refractivity contribution in [2.75, 3.05) is 26.2 Å². The van der Waals surface area contributed by atoms with Gasteiger partial charge in [-0.2, -0.15) is 5.10 Å². The number of rotatable bonds is 6. The molecule has 37 heavy (non-hydrogen) atoms. The van der Waals surface area contributed by atoms with Crippen LogP contribution in [0.3, 0.4) is 0 Å². The van der Waals surface area contributed by atoms with Crippen molar-refractivity contribution in [1.82, 2.24) is 29.9 Å². The van der Waals surface area contributed by atoms with E-state index in [-0.39, 0.29) is 18.0 Å². The predicted molar refractivity (Wildman–Crippen MR) is 147 cm³/mol. The maximum absolute atomic E-state index is 13.6. The molecule has 1 N–H and O–H groups in total. The fraction of sp³-hybridized carbons (Fsp3) is 0.357. The molecule has 1 unspecified atom stereocenters. The number of fused-ring (bicyclic) bond motifs is 1. The molecule has 8 nitrogen and oxygen atoms in total. The zero-order chi connectivity index (χ0) is 25.9. The summed E-state index contributed by atoms with van der Waals surface area (Å²) < 4.78 is 1.82. The molecule has 1 fully saturated rings. The van der Waals surface area contributed by atoms with Crippen molar-refractivity contribution >= 4 is 34.0 Å².